The summed E-state index contributed by atoms with van der Waals surface area (Å²) in [4.78, 5) is 0. The summed E-state index contributed by atoms with van der Waals surface area (Å²) in [6, 6.07) is 12.4. The molecule has 0 bridgehead atoms. The molecule has 0 aliphatic rings. The van der Waals surface area contributed by atoms with E-state index in [-0.39, 0.29) is 11.9 Å². The Morgan fingerprint density at radius 1 is 1.19 bits per heavy atom. The van der Waals surface area contributed by atoms with Crippen molar-refractivity contribution in [1.29, 1.82) is 0 Å². The zero-order valence-corrected chi connectivity index (χ0v) is 13.0. The molecule has 0 heterocycles. The van der Waals surface area contributed by atoms with Gasteiger partial charge < -0.3 is 10.1 Å². The van der Waals surface area contributed by atoms with Crippen LogP contribution in [0.15, 0.2) is 42.5 Å². The average Bonchev–Trinajstić information content (AvgIpc) is 2.49. The van der Waals surface area contributed by atoms with E-state index in [9.17, 15) is 4.39 Å². The van der Waals surface area contributed by atoms with Gasteiger partial charge in [-0.1, -0.05) is 37.1 Å². The van der Waals surface area contributed by atoms with Crippen molar-refractivity contribution in [2.45, 2.75) is 25.8 Å². The standard InChI is InChI=1S/C17H19ClFNO/c1-3-4-15(12-5-7-13(18)8-6-12)20-16-10-9-14(19)11-17(16)21-2/h5-11,15,20H,3-4H2,1-2H3. The Morgan fingerprint density at radius 2 is 1.90 bits per heavy atom. The van der Waals surface area contributed by atoms with Gasteiger partial charge in [0.05, 0.1) is 18.8 Å². The molecule has 1 N–H and O–H groups in total. The van der Waals surface area contributed by atoms with Crippen molar-refractivity contribution in [3.63, 3.8) is 0 Å². The summed E-state index contributed by atoms with van der Waals surface area (Å²) >= 11 is 5.94. The van der Waals surface area contributed by atoms with Crippen LogP contribution in [0.25, 0.3) is 0 Å². The molecule has 2 nitrogen and oxygen atoms in total. The van der Waals surface area contributed by atoms with E-state index in [1.807, 2.05) is 24.3 Å². The molecule has 2 aromatic rings. The van der Waals surface area contributed by atoms with E-state index in [2.05, 4.69) is 12.2 Å². The van der Waals surface area contributed by atoms with Crippen LogP contribution in [-0.2, 0) is 0 Å². The molecule has 21 heavy (non-hydrogen) atoms. The lowest BCUT2D eigenvalue weighted by molar-refractivity contribution is 0.412. The van der Waals surface area contributed by atoms with Gasteiger partial charge >= 0.3 is 0 Å². The summed E-state index contributed by atoms with van der Waals surface area (Å²) in [5.74, 6) is 0.195. The van der Waals surface area contributed by atoms with Crippen LogP contribution in [0.4, 0.5) is 10.1 Å². The summed E-state index contributed by atoms with van der Waals surface area (Å²) in [7, 11) is 1.54. The fraction of sp³-hybridized carbons (Fsp3) is 0.294. The maximum atomic E-state index is 13.3. The molecule has 112 valence electrons. The SMILES string of the molecule is CCCC(Nc1ccc(F)cc1OC)c1ccc(Cl)cc1. The molecule has 2 aromatic carbocycles. The Balaban J connectivity index is 2.25. The second-order valence-corrected chi connectivity index (χ2v) is 5.32. The summed E-state index contributed by atoms with van der Waals surface area (Å²) in [5.41, 5.74) is 1.93. The molecular weight excluding hydrogens is 289 g/mol. The number of hydrogen-bond acceptors (Lipinski definition) is 2. The Bertz CT molecular complexity index is 586. The Morgan fingerprint density at radius 3 is 2.52 bits per heavy atom. The minimum absolute atomic E-state index is 0.131. The zero-order valence-electron chi connectivity index (χ0n) is 12.2. The quantitative estimate of drug-likeness (QED) is 0.767. The van der Waals surface area contributed by atoms with Crippen LogP contribution < -0.4 is 10.1 Å². The van der Waals surface area contributed by atoms with Crippen molar-refractivity contribution in [1.82, 2.24) is 0 Å². The molecule has 0 aromatic heterocycles. The van der Waals surface area contributed by atoms with Gasteiger partial charge in [0.1, 0.15) is 11.6 Å². The van der Waals surface area contributed by atoms with Crippen LogP contribution in [0.1, 0.15) is 31.4 Å². The van der Waals surface area contributed by atoms with Crippen molar-refractivity contribution in [2.75, 3.05) is 12.4 Å². The molecule has 0 saturated carbocycles. The lowest BCUT2D eigenvalue weighted by Gasteiger charge is -2.21. The number of methoxy groups -OCH3 is 1. The Labute approximate surface area is 129 Å². The minimum atomic E-state index is -0.309. The largest absolute Gasteiger partial charge is 0.494 e. The summed E-state index contributed by atoms with van der Waals surface area (Å²) in [5, 5.41) is 4.14. The minimum Gasteiger partial charge on any atom is -0.494 e. The van der Waals surface area contributed by atoms with Gasteiger partial charge in [0.25, 0.3) is 0 Å². The van der Waals surface area contributed by atoms with Gasteiger partial charge in [-0.05, 0) is 36.2 Å². The molecule has 0 radical (unpaired) electrons. The third-order valence-corrected chi connectivity index (χ3v) is 3.60. The predicted octanol–water partition coefficient (Wildman–Crippen LogP) is 5.44. The van der Waals surface area contributed by atoms with Gasteiger partial charge in [0, 0.05) is 11.1 Å². The van der Waals surface area contributed by atoms with Gasteiger partial charge in [-0.15, -0.1) is 0 Å². The number of hydrogen-bond donors (Lipinski definition) is 1. The van der Waals surface area contributed by atoms with E-state index in [1.165, 1.54) is 19.2 Å². The molecule has 0 fully saturated rings. The van der Waals surface area contributed by atoms with E-state index < -0.39 is 0 Å². The highest BCUT2D eigenvalue weighted by Crippen LogP contribution is 2.31. The third-order valence-electron chi connectivity index (χ3n) is 3.34. The fourth-order valence-corrected chi connectivity index (χ4v) is 2.40. The third kappa shape index (κ3) is 4.11. The Hall–Kier alpha value is -1.74. The molecule has 0 spiro atoms. The number of nitrogens with one attached hydrogen (secondary N) is 1. The molecule has 0 amide bonds. The normalized spacial score (nSPS) is 12.0. The highest BCUT2D eigenvalue weighted by molar-refractivity contribution is 6.30. The van der Waals surface area contributed by atoms with Gasteiger partial charge in [-0.25, -0.2) is 4.39 Å². The molecule has 1 unspecified atom stereocenters. The van der Waals surface area contributed by atoms with Gasteiger partial charge in [-0.2, -0.15) is 0 Å². The van der Waals surface area contributed by atoms with E-state index in [0.717, 1.165) is 24.1 Å². The zero-order chi connectivity index (χ0) is 15.2. The topological polar surface area (TPSA) is 21.3 Å². The summed E-state index contributed by atoms with van der Waals surface area (Å²) in [6.07, 6.45) is 1.99. The van der Waals surface area contributed by atoms with Crippen LogP contribution >= 0.6 is 11.6 Å². The molecule has 0 aliphatic carbocycles. The van der Waals surface area contributed by atoms with Crippen molar-refractivity contribution in [3.8, 4) is 5.75 Å². The predicted molar refractivity (Wildman–Crippen MR) is 85.7 cm³/mol. The monoisotopic (exact) mass is 307 g/mol. The van der Waals surface area contributed by atoms with Crippen LogP contribution in [0.3, 0.4) is 0 Å². The van der Waals surface area contributed by atoms with Crippen LogP contribution in [0.5, 0.6) is 5.75 Å². The molecule has 0 saturated heterocycles. The van der Waals surface area contributed by atoms with Crippen LogP contribution in [0.2, 0.25) is 5.02 Å². The number of benzene rings is 2. The van der Waals surface area contributed by atoms with Gasteiger partial charge in [0.15, 0.2) is 0 Å². The highest BCUT2D eigenvalue weighted by Gasteiger charge is 2.13. The first-order chi connectivity index (χ1) is 10.1. The van der Waals surface area contributed by atoms with Gasteiger partial charge in [-0.3, -0.25) is 0 Å². The smallest absolute Gasteiger partial charge is 0.144 e. The van der Waals surface area contributed by atoms with Crippen molar-refractivity contribution in [2.24, 2.45) is 0 Å². The molecule has 4 heteroatoms. The number of halogens is 2. The van der Waals surface area contributed by atoms with Gasteiger partial charge in [0.2, 0.25) is 0 Å². The number of ether oxygens (including phenoxy) is 1. The second-order valence-electron chi connectivity index (χ2n) is 4.88. The average molecular weight is 308 g/mol. The highest BCUT2D eigenvalue weighted by atomic mass is 35.5. The molecule has 1 atom stereocenters. The number of anilines is 1. The second kappa shape index (κ2) is 7.32. The molecule has 2 rings (SSSR count). The van der Waals surface area contributed by atoms with E-state index >= 15 is 0 Å². The van der Waals surface area contributed by atoms with Crippen LogP contribution in [0, 0.1) is 5.82 Å². The summed E-state index contributed by atoms with van der Waals surface area (Å²) in [6.45, 7) is 2.13. The maximum Gasteiger partial charge on any atom is 0.144 e. The van der Waals surface area contributed by atoms with Crippen LogP contribution in [-0.4, -0.2) is 7.11 Å². The van der Waals surface area contributed by atoms with E-state index in [1.54, 1.807) is 6.07 Å². The lowest BCUT2D eigenvalue weighted by Crippen LogP contribution is -2.11. The Kier molecular flexibility index (Phi) is 5.45. The fourth-order valence-electron chi connectivity index (χ4n) is 2.28. The number of rotatable bonds is 6. The maximum absolute atomic E-state index is 13.3. The first-order valence-electron chi connectivity index (χ1n) is 6.99. The molecule has 0 aliphatic heterocycles. The van der Waals surface area contributed by atoms with Crippen molar-refractivity contribution in [3.05, 3.63) is 58.9 Å². The van der Waals surface area contributed by atoms with E-state index in [0.29, 0.717) is 10.8 Å². The molecular formula is C17H19ClFNO. The van der Waals surface area contributed by atoms with E-state index in [4.69, 9.17) is 16.3 Å². The summed E-state index contributed by atoms with van der Waals surface area (Å²) < 4.78 is 18.5. The van der Waals surface area contributed by atoms with Crippen molar-refractivity contribution < 1.29 is 9.13 Å². The lowest BCUT2D eigenvalue weighted by atomic mass is 10.0. The first kappa shape index (κ1) is 15.6. The van der Waals surface area contributed by atoms with Crippen molar-refractivity contribution >= 4 is 17.3 Å². The first-order valence-corrected chi connectivity index (χ1v) is 7.37.